The van der Waals surface area contributed by atoms with E-state index in [9.17, 15) is 9.18 Å². The normalized spacial score (nSPS) is 11.2. The Morgan fingerprint density at radius 1 is 1.12 bits per heavy atom. The van der Waals surface area contributed by atoms with Gasteiger partial charge < -0.3 is 20.9 Å². The fourth-order valence-corrected chi connectivity index (χ4v) is 3.38. The number of nitrogens with one attached hydrogen (secondary N) is 4. The summed E-state index contributed by atoms with van der Waals surface area (Å²) in [6, 6.07) is 12.5. The first kappa shape index (κ1) is 25.6. The van der Waals surface area contributed by atoms with Gasteiger partial charge in [-0.3, -0.25) is 4.79 Å². The molecule has 1 heterocycles. The van der Waals surface area contributed by atoms with Crippen LogP contribution in [0, 0.1) is 5.82 Å². The molecule has 0 bridgehead atoms. The minimum atomic E-state index is -0.232. The monoisotopic (exact) mass is 551 g/mol. The van der Waals surface area contributed by atoms with E-state index >= 15 is 0 Å². The third kappa shape index (κ3) is 7.51. The number of anilines is 1. The molecule has 172 valence electrons. The van der Waals surface area contributed by atoms with Gasteiger partial charge >= 0.3 is 0 Å². The maximum absolute atomic E-state index is 13.6. The molecule has 1 amide bonds. The van der Waals surface area contributed by atoms with Gasteiger partial charge in [0, 0.05) is 42.3 Å². The second-order valence-corrected chi connectivity index (χ2v) is 7.37. The topological polar surface area (TPSA) is 81.3 Å². The zero-order valence-corrected chi connectivity index (χ0v) is 20.8. The Bertz CT molecular complexity index is 1050. The molecule has 0 aliphatic carbocycles. The van der Waals surface area contributed by atoms with Gasteiger partial charge in [-0.1, -0.05) is 19.1 Å². The lowest BCUT2D eigenvalue weighted by Crippen LogP contribution is -2.38. The molecule has 0 saturated heterocycles. The highest BCUT2D eigenvalue weighted by Gasteiger charge is 2.06. The number of carbonyl (C=O) groups excluding carboxylic acids is 1. The van der Waals surface area contributed by atoms with Crippen molar-refractivity contribution in [1.29, 1.82) is 0 Å². The Labute approximate surface area is 205 Å². The molecule has 3 aromatic rings. The molecule has 4 N–H and O–H groups in total. The zero-order chi connectivity index (χ0) is 22.1. The van der Waals surface area contributed by atoms with Gasteiger partial charge in [0.15, 0.2) is 5.96 Å². The summed E-state index contributed by atoms with van der Waals surface area (Å²) in [5, 5.41) is 10.4. The first-order chi connectivity index (χ1) is 15.1. The van der Waals surface area contributed by atoms with Crippen molar-refractivity contribution in [1.82, 2.24) is 15.6 Å². The molecule has 3 rings (SSSR count). The van der Waals surface area contributed by atoms with Gasteiger partial charge in [-0.2, -0.15) is 0 Å². The van der Waals surface area contributed by atoms with Gasteiger partial charge in [0.05, 0.1) is 6.54 Å². The van der Waals surface area contributed by atoms with Crippen molar-refractivity contribution >= 4 is 52.4 Å². The average Bonchev–Trinajstić information content (AvgIpc) is 3.14. The maximum atomic E-state index is 13.6. The Kier molecular flexibility index (Phi) is 10.5. The summed E-state index contributed by atoms with van der Waals surface area (Å²) in [5.74, 6) is 0.508. The molecule has 1 aromatic heterocycles. The first-order valence-electron chi connectivity index (χ1n) is 10.8. The second-order valence-electron chi connectivity index (χ2n) is 7.37. The summed E-state index contributed by atoms with van der Waals surface area (Å²) in [5.41, 5.74) is 3.80. The van der Waals surface area contributed by atoms with E-state index in [1.165, 1.54) is 6.07 Å². The fourth-order valence-electron chi connectivity index (χ4n) is 3.38. The van der Waals surface area contributed by atoms with Crippen molar-refractivity contribution in [3.63, 3.8) is 0 Å². The van der Waals surface area contributed by atoms with Crippen LogP contribution in [0.4, 0.5) is 10.1 Å². The highest BCUT2D eigenvalue weighted by molar-refractivity contribution is 14.0. The lowest BCUT2D eigenvalue weighted by Gasteiger charge is -2.11. The van der Waals surface area contributed by atoms with Gasteiger partial charge in [-0.05, 0) is 61.2 Å². The van der Waals surface area contributed by atoms with Gasteiger partial charge in [0.1, 0.15) is 5.82 Å². The predicted molar refractivity (Wildman–Crippen MR) is 140 cm³/mol. The van der Waals surface area contributed by atoms with Gasteiger partial charge in [0.2, 0.25) is 5.91 Å². The number of benzene rings is 2. The molecule has 0 fully saturated rings. The van der Waals surface area contributed by atoms with Crippen LogP contribution in [0.3, 0.4) is 0 Å². The van der Waals surface area contributed by atoms with Crippen LogP contribution in [0.5, 0.6) is 0 Å². The fraction of sp³-hybridized carbons (Fsp3) is 0.333. The van der Waals surface area contributed by atoms with Crippen molar-refractivity contribution in [3.8, 4) is 0 Å². The van der Waals surface area contributed by atoms with Crippen molar-refractivity contribution in [3.05, 3.63) is 65.6 Å². The summed E-state index contributed by atoms with van der Waals surface area (Å²) < 4.78 is 13.6. The van der Waals surface area contributed by atoms with Crippen LogP contribution < -0.4 is 16.0 Å². The third-order valence-electron chi connectivity index (χ3n) is 4.87. The number of hydrogen-bond acceptors (Lipinski definition) is 2. The van der Waals surface area contributed by atoms with Crippen LogP contribution in [0.25, 0.3) is 10.9 Å². The number of carbonyl (C=O) groups is 1. The Morgan fingerprint density at radius 3 is 2.75 bits per heavy atom. The van der Waals surface area contributed by atoms with Crippen molar-refractivity contribution in [2.45, 2.75) is 39.7 Å². The lowest BCUT2D eigenvalue weighted by molar-refractivity contribution is -0.116. The quantitative estimate of drug-likeness (QED) is 0.173. The molecule has 0 spiro atoms. The van der Waals surface area contributed by atoms with Crippen molar-refractivity contribution in [2.24, 2.45) is 4.99 Å². The molecular formula is C24H31FIN5O. The van der Waals surface area contributed by atoms with E-state index in [2.05, 4.69) is 25.9 Å². The largest absolute Gasteiger partial charge is 0.361 e. The number of H-pyrrole nitrogens is 1. The van der Waals surface area contributed by atoms with E-state index < -0.39 is 0 Å². The van der Waals surface area contributed by atoms with E-state index in [1.807, 2.05) is 44.3 Å². The molecule has 0 aliphatic heterocycles. The van der Waals surface area contributed by atoms with Gasteiger partial charge in [-0.15, -0.1) is 24.0 Å². The smallest absolute Gasteiger partial charge is 0.224 e. The van der Waals surface area contributed by atoms with Crippen LogP contribution in [0.15, 0.2) is 53.7 Å². The SMILES string of the molecule is CCCC(=O)Nc1cccc(CN=C(NCC)NCCc2c[nH]c3ccc(F)cc23)c1.I. The van der Waals surface area contributed by atoms with Crippen LogP contribution in [-0.2, 0) is 17.8 Å². The summed E-state index contributed by atoms with van der Waals surface area (Å²) in [6.45, 7) is 5.91. The summed E-state index contributed by atoms with van der Waals surface area (Å²) >= 11 is 0. The van der Waals surface area contributed by atoms with Gasteiger partial charge in [-0.25, -0.2) is 9.38 Å². The van der Waals surface area contributed by atoms with Crippen molar-refractivity contribution < 1.29 is 9.18 Å². The molecule has 0 unspecified atom stereocenters. The predicted octanol–water partition coefficient (Wildman–Crippen LogP) is 4.96. The number of hydrogen-bond donors (Lipinski definition) is 4. The number of amides is 1. The number of rotatable bonds is 9. The molecule has 2 aromatic carbocycles. The Balaban J connectivity index is 0.00000363. The van der Waals surface area contributed by atoms with Crippen LogP contribution in [0.1, 0.15) is 37.8 Å². The van der Waals surface area contributed by atoms with E-state index in [1.54, 1.807) is 12.1 Å². The minimum absolute atomic E-state index is 0. The highest BCUT2D eigenvalue weighted by atomic mass is 127. The second kappa shape index (κ2) is 13.0. The number of fused-ring (bicyclic) bond motifs is 1. The van der Waals surface area contributed by atoms with Crippen LogP contribution >= 0.6 is 24.0 Å². The van der Waals surface area contributed by atoms with Crippen molar-refractivity contribution in [2.75, 3.05) is 18.4 Å². The summed E-state index contributed by atoms with van der Waals surface area (Å²) in [4.78, 5) is 19.6. The number of aromatic nitrogens is 1. The number of halogens is 2. The molecule has 0 aliphatic rings. The van der Waals surface area contributed by atoms with E-state index in [0.717, 1.165) is 47.1 Å². The van der Waals surface area contributed by atoms with E-state index in [0.29, 0.717) is 25.5 Å². The minimum Gasteiger partial charge on any atom is -0.361 e. The number of nitrogens with zero attached hydrogens (tertiary/aromatic N) is 1. The number of aliphatic imine (C=N–C) groups is 1. The van der Waals surface area contributed by atoms with Crippen LogP contribution in [0.2, 0.25) is 0 Å². The maximum Gasteiger partial charge on any atom is 0.224 e. The first-order valence-corrected chi connectivity index (χ1v) is 10.8. The molecule has 0 saturated carbocycles. The highest BCUT2D eigenvalue weighted by Crippen LogP contribution is 2.19. The van der Waals surface area contributed by atoms with E-state index in [-0.39, 0.29) is 35.7 Å². The van der Waals surface area contributed by atoms with E-state index in [4.69, 9.17) is 0 Å². The zero-order valence-electron chi connectivity index (χ0n) is 18.5. The molecule has 32 heavy (non-hydrogen) atoms. The molecule has 0 atom stereocenters. The number of aromatic amines is 1. The molecule has 0 radical (unpaired) electrons. The lowest BCUT2D eigenvalue weighted by atomic mass is 10.1. The summed E-state index contributed by atoms with van der Waals surface area (Å²) in [7, 11) is 0. The average molecular weight is 551 g/mol. The van der Waals surface area contributed by atoms with Crippen LogP contribution in [-0.4, -0.2) is 29.9 Å². The Hall–Kier alpha value is -2.62. The summed E-state index contributed by atoms with van der Waals surface area (Å²) in [6.07, 6.45) is 4.00. The molecular weight excluding hydrogens is 520 g/mol. The molecule has 6 nitrogen and oxygen atoms in total. The molecule has 8 heteroatoms. The standard InChI is InChI=1S/C24H30FN5O.HI/c1-3-6-23(31)30-20-8-5-7-17(13-20)15-29-24(26-4-2)27-12-11-18-16-28-22-10-9-19(25)14-21(18)22;/h5,7-10,13-14,16,28H,3-4,6,11-12,15H2,1-2H3,(H,30,31)(H2,26,27,29);1H. The third-order valence-corrected chi connectivity index (χ3v) is 4.87. The van der Waals surface area contributed by atoms with Gasteiger partial charge in [0.25, 0.3) is 0 Å². The number of guanidine groups is 1. The Morgan fingerprint density at radius 2 is 1.97 bits per heavy atom.